The van der Waals surface area contributed by atoms with Crippen molar-refractivity contribution in [2.75, 3.05) is 24.8 Å². The molecule has 0 saturated heterocycles. The van der Waals surface area contributed by atoms with Crippen LogP contribution in [0, 0.1) is 0 Å². The van der Waals surface area contributed by atoms with E-state index < -0.39 is 0 Å². The fraction of sp³-hybridized carbons (Fsp3) is 0.250. The lowest BCUT2D eigenvalue weighted by Gasteiger charge is -2.13. The molecule has 2 aromatic carbocycles. The van der Waals surface area contributed by atoms with Gasteiger partial charge in [-0.2, -0.15) is 0 Å². The van der Waals surface area contributed by atoms with Crippen molar-refractivity contribution in [2.45, 2.75) is 18.1 Å². The highest BCUT2D eigenvalue weighted by molar-refractivity contribution is 7.99. The van der Waals surface area contributed by atoms with E-state index in [2.05, 4.69) is 10.3 Å². The molecular weight excluding hydrogens is 398 g/mol. The van der Waals surface area contributed by atoms with Crippen LogP contribution in [0.2, 0.25) is 5.02 Å². The number of carbonyl (C=O) groups excluding carboxylic acids is 1. The Morgan fingerprint density at radius 3 is 2.79 bits per heavy atom. The Morgan fingerprint density at radius 1 is 1.25 bits per heavy atom. The molecule has 0 radical (unpaired) electrons. The van der Waals surface area contributed by atoms with Gasteiger partial charge in [0.2, 0.25) is 5.91 Å². The smallest absolute Gasteiger partial charge is 0.262 e. The zero-order valence-corrected chi connectivity index (χ0v) is 16.9. The second kappa shape index (κ2) is 9.73. The summed E-state index contributed by atoms with van der Waals surface area (Å²) in [5.74, 6) is -0.0300. The lowest BCUT2D eigenvalue weighted by Crippen LogP contribution is -2.25. The zero-order valence-electron chi connectivity index (χ0n) is 15.4. The van der Waals surface area contributed by atoms with Crippen LogP contribution in [-0.2, 0) is 16.1 Å². The van der Waals surface area contributed by atoms with Gasteiger partial charge in [-0.15, -0.1) is 0 Å². The molecule has 0 unspecified atom stereocenters. The van der Waals surface area contributed by atoms with Gasteiger partial charge in [-0.05, 0) is 36.8 Å². The highest BCUT2D eigenvalue weighted by atomic mass is 35.5. The van der Waals surface area contributed by atoms with Gasteiger partial charge in [0.25, 0.3) is 5.56 Å². The number of halogens is 1. The van der Waals surface area contributed by atoms with Gasteiger partial charge in [-0.1, -0.05) is 41.6 Å². The average molecular weight is 418 g/mol. The number of hydrogen-bond acceptors (Lipinski definition) is 5. The quantitative estimate of drug-likeness (QED) is 0.342. The summed E-state index contributed by atoms with van der Waals surface area (Å²) in [4.78, 5) is 29.8. The SMILES string of the molecule is COCCCn1c(SCC(=O)Nc2ccccc2)nc2cc(Cl)ccc2c1=O. The molecule has 146 valence electrons. The standard InChI is InChI=1S/C20H20ClN3O3S/c1-27-11-5-10-24-19(26)16-9-8-14(21)12-17(16)23-20(24)28-13-18(25)22-15-6-3-2-4-7-15/h2-4,6-9,12H,5,10-11,13H2,1H3,(H,22,25). The van der Waals surface area contributed by atoms with Gasteiger partial charge in [-0.3, -0.25) is 14.2 Å². The Kier molecular flexibility index (Phi) is 7.08. The number of carbonyl (C=O) groups is 1. The molecule has 1 N–H and O–H groups in total. The maximum atomic E-state index is 12.9. The lowest BCUT2D eigenvalue weighted by atomic mass is 10.2. The van der Waals surface area contributed by atoms with Gasteiger partial charge in [-0.25, -0.2) is 4.98 Å². The Balaban J connectivity index is 1.83. The van der Waals surface area contributed by atoms with Crippen molar-refractivity contribution < 1.29 is 9.53 Å². The predicted molar refractivity (Wildman–Crippen MR) is 113 cm³/mol. The summed E-state index contributed by atoms with van der Waals surface area (Å²) in [5, 5.41) is 4.32. The molecule has 0 bridgehead atoms. The van der Waals surface area contributed by atoms with Gasteiger partial charge in [0.05, 0.1) is 16.7 Å². The van der Waals surface area contributed by atoms with Crippen LogP contribution in [0.3, 0.4) is 0 Å². The van der Waals surface area contributed by atoms with Gasteiger partial charge < -0.3 is 10.1 Å². The van der Waals surface area contributed by atoms with Crippen LogP contribution in [0.5, 0.6) is 0 Å². The third-order valence-corrected chi connectivity index (χ3v) is 5.21. The van der Waals surface area contributed by atoms with E-state index in [-0.39, 0.29) is 17.2 Å². The van der Waals surface area contributed by atoms with Crippen molar-refractivity contribution in [2.24, 2.45) is 0 Å². The number of methoxy groups -OCH3 is 1. The number of ether oxygens (including phenoxy) is 1. The molecule has 0 saturated carbocycles. The number of amides is 1. The first-order valence-electron chi connectivity index (χ1n) is 8.75. The first kappa shape index (κ1) is 20.4. The van der Waals surface area contributed by atoms with Crippen LogP contribution in [0.15, 0.2) is 58.5 Å². The maximum Gasteiger partial charge on any atom is 0.262 e. The zero-order chi connectivity index (χ0) is 19.9. The number of para-hydroxylation sites is 1. The van der Waals surface area contributed by atoms with Crippen LogP contribution in [0.1, 0.15) is 6.42 Å². The Hall–Kier alpha value is -2.35. The molecule has 0 spiro atoms. The Labute approximate surface area is 171 Å². The van der Waals surface area contributed by atoms with E-state index in [4.69, 9.17) is 16.3 Å². The van der Waals surface area contributed by atoms with Crippen LogP contribution in [0.25, 0.3) is 10.9 Å². The van der Waals surface area contributed by atoms with Gasteiger partial charge >= 0.3 is 0 Å². The minimum Gasteiger partial charge on any atom is -0.385 e. The predicted octanol–water partition coefficient (Wildman–Crippen LogP) is 3.82. The van der Waals surface area contributed by atoms with Crippen LogP contribution in [-0.4, -0.2) is 34.9 Å². The van der Waals surface area contributed by atoms with Crippen molar-refractivity contribution in [3.8, 4) is 0 Å². The number of benzene rings is 2. The van der Waals surface area contributed by atoms with Crippen molar-refractivity contribution in [3.63, 3.8) is 0 Å². The van der Waals surface area contributed by atoms with E-state index >= 15 is 0 Å². The van der Waals surface area contributed by atoms with E-state index in [9.17, 15) is 9.59 Å². The largest absolute Gasteiger partial charge is 0.385 e. The molecule has 3 aromatic rings. The van der Waals surface area contributed by atoms with Crippen LogP contribution < -0.4 is 10.9 Å². The fourth-order valence-corrected chi connectivity index (χ4v) is 3.69. The van der Waals surface area contributed by atoms with Crippen molar-refractivity contribution in [3.05, 3.63) is 63.9 Å². The summed E-state index contributed by atoms with van der Waals surface area (Å²) in [6.07, 6.45) is 0.668. The topological polar surface area (TPSA) is 73.2 Å². The normalized spacial score (nSPS) is 10.9. The number of nitrogens with zero attached hydrogens (tertiary/aromatic N) is 2. The molecule has 3 rings (SSSR count). The molecule has 0 aliphatic heterocycles. The van der Waals surface area contributed by atoms with Crippen LogP contribution in [0.4, 0.5) is 5.69 Å². The molecule has 6 nitrogen and oxygen atoms in total. The van der Waals surface area contributed by atoms with E-state index in [1.165, 1.54) is 11.8 Å². The summed E-state index contributed by atoms with van der Waals surface area (Å²) in [5.41, 5.74) is 1.10. The first-order chi connectivity index (χ1) is 13.6. The summed E-state index contributed by atoms with van der Waals surface area (Å²) < 4.78 is 6.68. The van der Waals surface area contributed by atoms with E-state index in [0.717, 1.165) is 5.69 Å². The second-order valence-electron chi connectivity index (χ2n) is 6.06. The van der Waals surface area contributed by atoms with Gasteiger partial charge in [0.1, 0.15) is 0 Å². The van der Waals surface area contributed by atoms with Crippen LogP contribution >= 0.6 is 23.4 Å². The molecule has 0 aliphatic rings. The minimum atomic E-state index is -0.167. The minimum absolute atomic E-state index is 0.137. The first-order valence-corrected chi connectivity index (χ1v) is 10.1. The third kappa shape index (κ3) is 5.13. The maximum absolute atomic E-state index is 12.9. The molecule has 28 heavy (non-hydrogen) atoms. The highest BCUT2D eigenvalue weighted by Gasteiger charge is 2.14. The molecule has 1 aromatic heterocycles. The number of nitrogens with one attached hydrogen (secondary N) is 1. The summed E-state index contributed by atoms with van der Waals surface area (Å²) >= 11 is 7.27. The lowest BCUT2D eigenvalue weighted by molar-refractivity contribution is -0.113. The molecular formula is C20H20ClN3O3S. The molecule has 0 aliphatic carbocycles. The number of anilines is 1. The average Bonchev–Trinajstić information content (AvgIpc) is 2.69. The number of hydrogen-bond donors (Lipinski definition) is 1. The number of rotatable bonds is 8. The highest BCUT2D eigenvalue weighted by Crippen LogP contribution is 2.21. The monoisotopic (exact) mass is 417 g/mol. The molecule has 8 heteroatoms. The molecule has 0 atom stereocenters. The van der Waals surface area contributed by atoms with Gasteiger partial charge in [0, 0.05) is 31.0 Å². The Bertz CT molecular complexity index is 1020. The third-order valence-electron chi connectivity index (χ3n) is 4.00. The van der Waals surface area contributed by atoms with Crippen molar-refractivity contribution >= 4 is 45.9 Å². The molecule has 1 amide bonds. The summed E-state index contributed by atoms with van der Waals surface area (Å²) in [6.45, 7) is 0.991. The summed E-state index contributed by atoms with van der Waals surface area (Å²) in [7, 11) is 1.62. The number of thioether (sulfide) groups is 1. The molecule has 1 heterocycles. The Morgan fingerprint density at radius 2 is 2.04 bits per heavy atom. The van der Waals surface area contributed by atoms with Gasteiger partial charge in [0.15, 0.2) is 5.16 Å². The van der Waals surface area contributed by atoms with Crippen molar-refractivity contribution in [1.82, 2.24) is 9.55 Å². The number of fused-ring (bicyclic) bond motifs is 1. The van der Waals surface area contributed by atoms with E-state index in [1.54, 1.807) is 29.9 Å². The van der Waals surface area contributed by atoms with Crippen molar-refractivity contribution in [1.29, 1.82) is 0 Å². The van der Waals surface area contributed by atoms with E-state index in [1.807, 2.05) is 30.3 Å². The fourth-order valence-electron chi connectivity index (χ4n) is 2.70. The molecule has 0 fully saturated rings. The van der Waals surface area contributed by atoms with E-state index in [0.29, 0.717) is 40.7 Å². The second-order valence-corrected chi connectivity index (χ2v) is 7.44. The number of aromatic nitrogens is 2. The summed E-state index contributed by atoms with van der Waals surface area (Å²) in [6, 6.07) is 14.2.